The molecule has 0 unspecified atom stereocenters. The van der Waals surface area contributed by atoms with Crippen molar-refractivity contribution in [3.63, 3.8) is 0 Å². The predicted octanol–water partition coefficient (Wildman–Crippen LogP) is 5.18. The van der Waals surface area contributed by atoms with Crippen LogP contribution < -0.4 is 20.1 Å². The highest BCUT2D eigenvalue weighted by Crippen LogP contribution is 2.31. The molecule has 0 spiro atoms. The number of hydrogen-bond donors (Lipinski definition) is 2. The van der Waals surface area contributed by atoms with E-state index in [1.165, 1.54) is 0 Å². The summed E-state index contributed by atoms with van der Waals surface area (Å²) >= 11 is 6.32. The van der Waals surface area contributed by atoms with E-state index < -0.39 is 0 Å². The molecule has 1 saturated heterocycles. The zero-order chi connectivity index (χ0) is 25.3. The molecule has 2 N–H and O–H groups in total. The van der Waals surface area contributed by atoms with Crippen LogP contribution >= 0.6 is 11.6 Å². The maximum Gasteiger partial charge on any atom is 0.319 e. The topological polar surface area (TPSA) is 85.0 Å². The van der Waals surface area contributed by atoms with E-state index in [0.29, 0.717) is 29.6 Å². The number of urea groups is 1. The molecule has 9 heteroatoms. The molecular weight excluding hydrogens is 480 g/mol. The van der Waals surface area contributed by atoms with Crippen LogP contribution in [0.25, 0.3) is 0 Å². The zero-order valence-corrected chi connectivity index (χ0v) is 21.3. The Balaban J connectivity index is 1.32. The number of aryl methyl sites for hydroxylation is 2. The molecule has 0 bridgehead atoms. The van der Waals surface area contributed by atoms with Crippen molar-refractivity contribution in [3.05, 3.63) is 76.6 Å². The molecular formula is C27H31ClN4O4. The van der Waals surface area contributed by atoms with Crippen molar-refractivity contribution >= 4 is 23.3 Å². The third-order valence-corrected chi connectivity index (χ3v) is 6.25. The van der Waals surface area contributed by atoms with Gasteiger partial charge in [0.1, 0.15) is 23.9 Å². The van der Waals surface area contributed by atoms with E-state index in [0.717, 1.165) is 61.0 Å². The Morgan fingerprint density at radius 3 is 2.58 bits per heavy atom. The number of halogens is 1. The Morgan fingerprint density at radius 2 is 1.83 bits per heavy atom. The van der Waals surface area contributed by atoms with Crippen molar-refractivity contribution in [2.75, 3.05) is 44.8 Å². The molecule has 2 heterocycles. The quantitative estimate of drug-likeness (QED) is 0.413. The highest BCUT2D eigenvalue weighted by molar-refractivity contribution is 6.31. The number of nitrogens with zero attached hydrogens (tertiary/aromatic N) is 2. The number of anilines is 1. The molecule has 0 atom stereocenters. The lowest BCUT2D eigenvalue weighted by atomic mass is 10.1. The van der Waals surface area contributed by atoms with Crippen molar-refractivity contribution in [1.29, 1.82) is 0 Å². The van der Waals surface area contributed by atoms with Crippen LogP contribution in [-0.4, -0.2) is 55.4 Å². The second-order valence-corrected chi connectivity index (χ2v) is 9.00. The van der Waals surface area contributed by atoms with Gasteiger partial charge in [0.15, 0.2) is 0 Å². The van der Waals surface area contributed by atoms with Crippen molar-refractivity contribution in [2.45, 2.75) is 20.4 Å². The first-order chi connectivity index (χ1) is 17.5. The van der Waals surface area contributed by atoms with E-state index in [4.69, 9.17) is 25.8 Å². The molecule has 1 aromatic heterocycles. The van der Waals surface area contributed by atoms with Gasteiger partial charge in [-0.15, -0.1) is 0 Å². The number of pyridine rings is 1. The number of carbonyl (C=O) groups excluding carboxylic acids is 1. The van der Waals surface area contributed by atoms with Crippen LogP contribution in [0.5, 0.6) is 17.2 Å². The Labute approximate surface area is 216 Å². The van der Waals surface area contributed by atoms with Crippen LogP contribution in [-0.2, 0) is 11.3 Å². The molecule has 1 fully saturated rings. The number of aromatic nitrogens is 1. The summed E-state index contributed by atoms with van der Waals surface area (Å²) in [5.41, 5.74) is 3.36. The predicted molar refractivity (Wildman–Crippen MR) is 140 cm³/mol. The number of rotatable bonds is 9. The maximum absolute atomic E-state index is 12.7. The molecule has 1 aliphatic rings. The van der Waals surface area contributed by atoms with Gasteiger partial charge in [0.2, 0.25) is 0 Å². The van der Waals surface area contributed by atoms with Gasteiger partial charge in [-0.1, -0.05) is 23.7 Å². The summed E-state index contributed by atoms with van der Waals surface area (Å²) in [6.07, 6.45) is 3.37. The number of nitrogens with one attached hydrogen (secondary N) is 2. The van der Waals surface area contributed by atoms with E-state index in [2.05, 4.69) is 20.5 Å². The molecule has 3 aromatic rings. The van der Waals surface area contributed by atoms with Gasteiger partial charge in [0.05, 0.1) is 18.9 Å². The third-order valence-electron chi connectivity index (χ3n) is 5.85. The van der Waals surface area contributed by atoms with Gasteiger partial charge in [-0.25, -0.2) is 4.79 Å². The fraction of sp³-hybridized carbons (Fsp3) is 0.333. The second-order valence-electron chi connectivity index (χ2n) is 8.59. The molecule has 1 aliphatic heterocycles. The van der Waals surface area contributed by atoms with Gasteiger partial charge in [-0.05, 0) is 54.8 Å². The molecule has 8 nitrogen and oxygen atoms in total. The van der Waals surface area contributed by atoms with Crippen molar-refractivity contribution in [3.8, 4) is 17.2 Å². The summed E-state index contributed by atoms with van der Waals surface area (Å²) in [5.74, 6) is 2.02. The average molecular weight is 511 g/mol. The minimum absolute atomic E-state index is 0.329. The number of benzene rings is 2. The van der Waals surface area contributed by atoms with Crippen LogP contribution in [0.15, 0.2) is 54.9 Å². The van der Waals surface area contributed by atoms with Gasteiger partial charge in [-0.2, -0.15) is 0 Å². The van der Waals surface area contributed by atoms with E-state index in [9.17, 15) is 4.79 Å². The van der Waals surface area contributed by atoms with Gasteiger partial charge in [0, 0.05) is 49.7 Å². The number of hydrogen-bond acceptors (Lipinski definition) is 6. The Bertz CT molecular complexity index is 1170. The summed E-state index contributed by atoms with van der Waals surface area (Å²) in [4.78, 5) is 19.0. The molecule has 0 radical (unpaired) electrons. The third kappa shape index (κ3) is 7.34. The number of amides is 2. The van der Waals surface area contributed by atoms with Gasteiger partial charge in [-0.3, -0.25) is 9.88 Å². The second kappa shape index (κ2) is 12.6. The van der Waals surface area contributed by atoms with Crippen molar-refractivity contribution in [1.82, 2.24) is 15.2 Å². The van der Waals surface area contributed by atoms with E-state index in [1.54, 1.807) is 30.6 Å². The van der Waals surface area contributed by atoms with Crippen LogP contribution in [0.4, 0.5) is 10.5 Å². The van der Waals surface area contributed by atoms with Crippen LogP contribution in [0.1, 0.15) is 16.7 Å². The smallest absolute Gasteiger partial charge is 0.319 e. The van der Waals surface area contributed by atoms with Gasteiger partial charge in [0.25, 0.3) is 0 Å². The van der Waals surface area contributed by atoms with E-state index in [1.807, 2.05) is 38.1 Å². The summed E-state index contributed by atoms with van der Waals surface area (Å²) < 4.78 is 17.3. The molecule has 190 valence electrons. The summed E-state index contributed by atoms with van der Waals surface area (Å²) in [6.45, 7) is 8.75. The van der Waals surface area contributed by atoms with Crippen molar-refractivity contribution < 1.29 is 19.0 Å². The van der Waals surface area contributed by atoms with E-state index >= 15 is 0 Å². The minimum atomic E-state index is -0.329. The van der Waals surface area contributed by atoms with Crippen LogP contribution in [0, 0.1) is 13.8 Å². The lowest BCUT2D eigenvalue weighted by Crippen LogP contribution is -2.38. The Hall–Kier alpha value is -3.33. The molecule has 36 heavy (non-hydrogen) atoms. The summed E-state index contributed by atoms with van der Waals surface area (Å²) in [6, 6.07) is 12.7. The van der Waals surface area contributed by atoms with E-state index in [-0.39, 0.29) is 6.03 Å². The highest BCUT2D eigenvalue weighted by atomic mass is 35.5. The highest BCUT2D eigenvalue weighted by Gasteiger charge is 2.14. The Morgan fingerprint density at radius 1 is 1.06 bits per heavy atom. The van der Waals surface area contributed by atoms with Crippen LogP contribution in [0.3, 0.4) is 0 Å². The summed E-state index contributed by atoms with van der Waals surface area (Å²) in [7, 11) is 0. The Kier molecular flexibility index (Phi) is 9.00. The normalized spacial score (nSPS) is 13.8. The van der Waals surface area contributed by atoms with Gasteiger partial charge >= 0.3 is 6.03 Å². The molecule has 2 aromatic carbocycles. The molecule has 4 rings (SSSR count). The SMILES string of the molecule is Cc1cc(NC(=O)NCc2ccc(Oc3ccncc3)c(C)c2)c(OCCN2CCOCC2)cc1Cl. The fourth-order valence-electron chi connectivity index (χ4n) is 3.81. The molecule has 0 saturated carbocycles. The first kappa shape index (κ1) is 25.8. The largest absolute Gasteiger partial charge is 0.490 e. The average Bonchev–Trinajstić information content (AvgIpc) is 2.88. The number of morpholine rings is 1. The van der Waals surface area contributed by atoms with Gasteiger partial charge < -0.3 is 24.8 Å². The lowest BCUT2D eigenvalue weighted by Gasteiger charge is -2.26. The minimum Gasteiger partial charge on any atom is -0.490 e. The molecule has 2 amide bonds. The zero-order valence-electron chi connectivity index (χ0n) is 20.6. The number of ether oxygens (including phenoxy) is 3. The lowest BCUT2D eigenvalue weighted by molar-refractivity contribution is 0.0323. The number of carbonyl (C=O) groups is 1. The van der Waals surface area contributed by atoms with Crippen LogP contribution in [0.2, 0.25) is 5.02 Å². The van der Waals surface area contributed by atoms with Crippen molar-refractivity contribution in [2.24, 2.45) is 0 Å². The summed E-state index contributed by atoms with van der Waals surface area (Å²) in [5, 5.41) is 6.39. The maximum atomic E-state index is 12.7. The fourth-order valence-corrected chi connectivity index (χ4v) is 3.96. The molecule has 0 aliphatic carbocycles. The first-order valence-electron chi connectivity index (χ1n) is 11.9. The monoisotopic (exact) mass is 510 g/mol. The standard InChI is InChI=1S/C27H31ClN4O4/c1-19-16-24(26(17-23(19)28)35-14-11-32-9-12-34-13-10-32)31-27(33)30-18-21-3-4-25(20(2)15-21)36-22-5-7-29-8-6-22/h3-8,15-17H,9-14,18H2,1-2H3,(H2,30,31,33). The first-order valence-corrected chi connectivity index (χ1v) is 12.3.